The lowest BCUT2D eigenvalue weighted by Gasteiger charge is -2.20. The minimum atomic E-state index is -4.78. The van der Waals surface area contributed by atoms with E-state index in [1.165, 1.54) is 18.2 Å². The molecular weight excluding hydrogens is 830 g/mol. The lowest BCUT2D eigenvalue weighted by Crippen LogP contribution is -2.07. The number of hydrogen-bond acceptors (Lipinski definition) is 6. The van der Waals surface area contributed by atoms with Crippen molar-refractivity contribution in [2.45, 2.75) is 6.18 Å². The number of rotatable bonds is 5. The fraction of sp³-hybridized carbons (Fsp3) is 0.0182. The van der Waals surface area contributed by atoms with Crippen LogP contribution >= 0.6 is 0 Å². The number of para-hydroxylation sites is 2. The minimum Gasteiger partial charge on any atom is -0.307 e. The average Bonchev–Trinajstić information content (AvgIpc) is 3.87. The summed E-state index contributed by atoms with van der Waals surface area (Å²) < 4.78 is 47.2. The Kier molecular flexibility index (Phi) is 9.41. The molecule has 0 fully saturated rings. The zero-order chi connectivity index (χ0) is 45.9. The SMILES string of the molecule is N#Cc1cc(C#N)cc(-c2ccc3c(c2)c2ccccc2n3-c2cc(C#N)c(-c3cc(C#N)cc(C(F)(F)F)c3)cc2-n2c3ccccc3c3cc(-c4cc(C#N)cc(C#N)c4)ccc32)c1. The molecule has 0 N–H and O–H groups in total. The number of fused-ring (bicyclic) bond motifs is 6. The molecule has 0 amide bonds. The summed E-state index contributed by atoms with van der Waals surface area (Å²) in [5.74, 6) is 0. The molecule has 0 aliphatic heterocycles. The molecule has 0 saturated carbocycles. The van der Waals surface area contributed by atoms with E-state index in [2.05, 4.69) is 30.3 Å². The Bertz CT molecular complexity index is 3950. The van der Waals surface area contributed by atoms with Crippen molar-refractivity contribution in [3.05, 3.63) is 191 Å². The summed E-state index contributed by atoms with van der Waals surface area (Å²) in [6.07, 6.45) is -4.78. The van der Waals surface area contributed by atoms with Crippen molar-refractivity contribution in [3.8, 4) is 81.2 Å². The van der Waals surface area contributed by atoms with Gasteiger partial charge in [0.25, 0.3) is 0 Å². The second-order valence-corrected chi connectivity index (χ2v) is 15.6. The highest BCUT2D eigenvalue weighted by Crippen LogP contribution is 2.43. The van der Waals surface area contributed by atoms with Gasteiger partial charge in [-0.15, -0.1) is 0 Å². The van der Waals surface area contributed by atoms with Gasteiger partial charge in [0.15, 0.2) is 0 Å². The van der Waals surface area contributed by atoms with E-state index in [0.29, 0.717) is 50.3 Å². The van der Waals surface area contributed by atoms with Crippen LogP contribution in [0.25, 0.3) is 88.4 Å². The van der Waals surface area contributed by atoms with E-state index in [1.54, 1.807) is 36.4 Å². The lowest BCUT2D eigenvalue weighted by molar-refractivity contribution is -0.137. The highest BCUT2D eigenvalue weighted by atomic mass is 19.4. The average molecular weight is 855 g/mol. The normalized spacial score (nSPS) is 11.2. The maximum atomic E-state index is 14.4. The lowest BCUT2D eigenvalue weighted by atomic mass is 9.94. The highest BCUT2D eigenvalue weighted by molar-refractivity contribution is 6.13. The van der Waals surface area contributed by atoms with E-state index in [4.69, 9.17) is 0 Å². The molecular formula is C55H25F3N8. The Hall–Kier alpha value is -9.91. The van der Waals surface area contributed by atoms with Gasteiger partial charge in [-0.25, -0.2) is 0 Å². The first-order valence-electron chi connectivity index (χ1n) is 20.2. The van der Waals surface area contributed by atoms with Crippen LogP contribution in [-0.2, 0) is 6.18 Å². The fourth-order valence-corrected chi connectivity index (χ4v) is 8.95. The molecule has 0 radical (unpaired) electrons. The highest BCUT2D eigenvalue weighted by Gasteiger charge is 2.32. The van der Waals surface area contributed by atoms with Crippen LogP contribution in [-0.4, -0.2) is 9.13 Å². The molecule has 0 unspecified atom stereocenters. The second-order valence-electron chi connectivity index (χ2n) is 15.6. The van der Waals surface area contributed by atoms with Crippen molar-refractivity contribution in [1.29, 1.82) is 31.6 Å². The van der Waals surface area contributed by atoms with Gasteiger partial charge in [-0.1, -0.05) is 48.5 Å². The van der Waals surface area contributed by atoms with E-state index >= 15 is 0 Å². The van der Waals surface area contributed by atoms with Crippen molar-refractivity contribution in [1.82, 2.24) is 9.13 Å². The van der Waals surface area contributed by atoms with E-state index in [1.807, 2.05) is 100 Å². The van der Waals surface area contributed by atoms with Crippen LogP contribution in [0.1, 0.15) is 38.9 Å². The first kappa shape index (κ1) is 40.2. The van der Waals surface area contributed by atoms with Gasteiger partial charge >= 0.3 is 6.18 Å². The van der Waals surface area contributed by atoms with E-state index < -0.39 is 11.7 Å². The predicted octanol–water partition coefficient (Wildman–Crippen LogP) is 13.1. The number of aromatic nitrogens is 2. The molecule has 0 spiro atoms. The summed E-state index contributed by atoms with van der Waals surface area (Å²) in [7, 11) is 0. The van der Waals surface area contributed by atoms with Crippen LogP contribution in [0.4, 0.5) is 13.2 Å². The molecule has 10 aromatic rings. The zero-order valence-electron chi connectivity index (χ0n) is 34.1. The third-order valence-corrected chi connectivity index (χ3v) is 11.8. The molecule has 10 rings (SSSR count). The van der Waals surface area contributed by atoms with Crippen molar-refractivity contribution in [2.75, 3.05) is 0 Å². The molecule has 2 aromatic heterocycles. The van der Waals surface area contributed by atoms with Crippen LogP contribution in [0, 0.1) is 68.0 Å². The van der Waals surface area contributed by atoms with Crippen LogP contribution < -0.4 is 0 Å². The van der Waals surface area contributed by atoms with Gasteiger partial charge in [0.05, 0.1) is 109 Å². The van der Waals surface area contributed by atoms with Gasteiger partial charge in [-0.3, -0.25) is 0 Å². The molecule has 0 atom stereocenters. The van der Waals surface area contributed by atoms with Gasteiger partial charge in [0.1, 0.15) is 0 Å². The van der Waals surface area contributed by atoms with E-state index in [-0.39, 0.29) is 22.3 Å². The first-order chi connectivity index (χ1) is 32.0. The maximum absolute atomic E-state index is 14.4. The third kappa shape index (κ3) is 6.59. The van der Waals surface area contributed by atoms with Crippen LogP contribution in [0.5, 0.6) is 0 Å². The molecule has 0 bridgehead atoms. The maximum Gasteiger partial charge on any atom is 0.416 e. The Morgan fingerprint density at radius 1 is 0.348 bits per heavy atom. The van der Waals surface area contributed by atoms with Crippen LogP contribution in [0.15, 0.2) is 152 Å². The Labute approximate surface area is 374 Å². The van der Waals surface area contributed by atoms with Crippen molar-refractivity contribution in [3.63, 3.8) is 0 Å². The van der Waals surface area contributed by atoms with Gasteiger partial charge in [-0.05, 0) is 131 Å². The summed E-state index contributed by atoms with van der Waals surface area (Å²) in [5, 5.41) is 63.1. The van der Waals surface area contributed by atoms with Gasteiger partial charge in [-0.2, -0.15) is 44.7 Å². The fourth-order valence-electron chi connectivity index (χ4n) is 8.95. The van der Waals surface area contributed by atoms with Crippen LogP contribution in [0.2, 0.25) is 0 Å². The molecule has 0 saturated heterocycles. The first-order valence-corrected chi connectivity index (χ1v) is 20.2. The number of alkyl halides is 3. The standard InChI is InChI=1S/C55H25F3N8/c56-55(57,58)43-20-36(30-63)19-41(21-43)46-25-54(66-50-8-4-2-6-45(50)48-23-38(10-12-52(48)66)40-17-34(28-61)14-35(18-40)29-62)53(24-42(46)31-64)65-49-7-3-1-5-44(49)47-22-37(9-11-51(47)65)39-15-32(26-59)13-33(16-39)27-60/h1-25H. The Balaban J connectivity index is 1.31. The molecule has 8 nitrogen and oxygen atoms in total. The van der Waals surface area contributed by atoms with Crippen molar-refractivity contribution < 1.29 is 13.2 Å². The monoisotopic (exact) mass is 854 g/mol. The molecule has 8 aromatic carbocycles. The molecule has 2 heterocycles. The third-order valence-electron chi connectivity index (χ3n) is 11.8. The Morgan fingerprint density at radius 2 is 0.758 bits per heavy atom. The van der Waals surface area contributed by atoms with Gasteiger partial charge < -0.3 is 9.13 Å². The summed E-state index contributed by atoms with van der Waals surface area (Å²) in [4.78, 5) is 0. The van der Waals surface area contributed by atoms with Crippen molar-refractivity contribution >= 4 is 43.6 Å². The van der Waals surface area contributed by atoms with E-state index in [0.717, 1.165) is 61.4 Å². The summed E-state index contributed by atoms with van der Waals surface area (Å²) in [5.41, 5.74) is 7.14. The topological polar surface area (TPSA) is 153 Å². The second kappa shape index (κ2) is 15.5. The number of nitrogens with zero attached hydrogens (tertiary/aromatic N) is 8. The number of nitriles is 6. The minimum absolute atomic E-state index is 0.0302. The smallest absolute Gasteiger partial charge is 0.307 e. The van der Waals surface area contributed by atoms with Gasteiger partial charge in [0.2, 0.25) is 0 Å². The zero-order valence-corrected chi connectivity index (χ0v) is 34.1. The van der Waals surface area contributed by atoms with Gasteiger partial charge in [0, 0.05) is 27.1 Å². The number of benzene rings is 8. The predicted molar refractivity (Wildman–Crippen MR) is 245 cm³/mol. The molecule has 0 aliphatic rings. The summed E-state index contributed by atoms with van der Waals surface area (Å²) in [6, 6.07) is 56.0. The number of halogens is 3. The van der Waals surface area contributed by atoms with Crippen molar-refractivity contribution in [2.24, 2.45) is 0 Å². The Morgan fingerprint density at radius 3 is 1.20 bits per heavy atom. The van der Waals surface area contributed by atoms with Crippen LogP contribution in [0.3, 0.4) is 0 Å². The largest absolute Gasteiger partial charge is 0.416 e. The van der Waals surface area contributed by atoms with E-state index in [9.17, 15) is 44.7 Å². The molecule has 306 valence electrons. The molecule has 0 aliphatic carbocycles. The quantitative estimate of drug-likeness (QED) is 0.168. The molecule has 11 heteroatoms. The summed E-state index contributed by atoms with van der Waals surface area (Å²) in [6.45, 7) is 0. The molecule has 66 heavy (non-hydrogen) atoms. The number of hydrogen-bond donors (Lipinski definition) is 0. The summed E-state index contributed by atoms with van der Waals surface area (Å²) >= 11 is 0.